The van der Waals surface area contributed by atoms with Crippen LogP contribution in [0, 0.1) is 0 Å². The maximum Gasteiger partial charge on any atom is 0.172 e. The zero-order valence-corrected chi connectivity index (χ0v) is 12.5. The average Bonchev–Trinajstić information content (AvgIpc) is 2.89. The Bertz CT molecular complexity index is 590. The van der Waals surface area contributed by atoms with Gasteiger partial charge in [0, 0.05) is 21.9 Å². The summed E-state index contributed by atoms with van der Waals surface area (Å²) in [5.74, 6) is 0.951. The van der Waals surface area contributed by atoms with Crippen molar-refractivity contribution in [3.63, 3.8) is 0 Å². The lowest BCUT2D eigenvalue weighted by atomic mass is 10.1. The molecule has 0 unspecified atom stereocenters. The Morgan fingerprint density at radius 1 is 1.32 bits per heavy atom. The van der Waals surface area contributed by atoms with Gasteiger partial charge in [-0.3, -0.25) is 4.79 Å². The van der Waals surface area contributed by atoms with Gasteiger partial charge in [0.25, 0.3) is 0 Å². The van der Waals surface area contributed by atoms with Gasteiger partial charge in [0.1, 0.15) is 5.75 Å². The summed E-state index contributed by atoms with van der Waals surface area (Å²) in [6.07, 6.45) is 1.46. The molecular formula is C15H15ClO2S. The molecule has 19 heavy (non-hydrogen) atoms. The monoisotopic (exact) mass is 294 g/mol. The van der Waals surface area contributed by atoms with E-state index >= 15 is 0 Å². The molecule has 2 aromatic rings. The molecule has 0 spiro atoms. The van der Waals surface area contributed by atoms with E-state index in [1.54, 1.807) is 7.11 Å². The Hall–Kier alpha value is -1.32. The first kappa shape index (κ1) is 14.1. The lowest BCUT2D eigenvalue weighted by Gasteiger charge is -2.04. The van der Waals surface area contributed by atoms with Crippen LogP contribution >= 0.6 is 22.9 Å². The summed E-state index contributed by atoms with van der Waals surface area (Å²) in [6.45, 7) is 2.01. The fourth-order valence-corrected chi connectivity index (χ4v) is 3.08. The molecule has 0 aliphatic rings. The summed E-state index contributed by atoms with van der Waals surface area (Å²) >= 11 is 7.68. The van der Waals surface area contributed by atoms with Gasteiger partial charge in [-0.2, -0.15) is 0 Å². The predicted molar refractivity (Wildman–Crippen MR) is 80.6 cm³/mol. The van der Waals surface area contributed by atoms with Gasteiger partial charge in [0.2, 0.25) is 0 Å². The molecule has 0 fully saturated rings. The first-order chi connectivity index (χ1) is 9.15. The zero-order chi connectivity index (χ0) is 13.8. The molecule has 0 N–H and O–H groups in total. The van der Waals surface area contributed by atoms with Crippen molar-refractivity contribution in [1.82, 2.24) is 0 Å². The number of rotatable bonds is 5. The van der Waals surface area contributed by atoms with Crippen LogP contribution in [0.5, 0.6) is 5.75 Å². The Morgan fingerprint density at radius 3 is 2.79 bits per heavy atom. The Labute approximate surface area is 122 Å². The highest BCUT2D eigenvalue weighted by Gasteiger charge is 2.12. The standard InChI is InChI=1S/C15H15ClO2S/c1-3-4-13(17)15-8-7-14(19-15)11-9-10(18-2)5-6-12(11)16/h5-9H,3-4H2,1-2H3. The number of ketones is 1. The van der Waals surface area contributed by atoms with Gasteiger partial charge in [-0.15, -0.1) is 11.3 Å². The summed E-state index contributed by atoms with van der Waals surface area (Å²) < 4.78 is 5.20. The summed E-state index contributed by atoms with van der Waals surface area (Å²) in [5.41, 5.74) is 0.904. The number of benzene rings is 1. The van der Waals surface area contributed by atoms with Gasteiger partial charge >= 0.3 is 0 Å². The lowest BCUT2D eigenvalue weighted by molar-refractivity contribution is 0.0985. The molecule has 0 atom stereocenters. The van der Waals surface area contributed by atoms with Crippen LogP contribution in [0.4, 0.5) is 0 Å². The van der Waals surface area contributed by atoms with Crippen LogP contribution in [0.1, 0.15) is 29.4 Å². The number of carbonyl (C=O) groups excluding carboxylic acids is 1. The van der Waals surface area contributed by atoms with E-state index in [2.05, 4.69) is 0 Å². The number of hydrogen-bond donors (Lipinski definition) is 0. The van der Waals surface area contributed by atoms with Crippen LogP contribution in [-0.4, -0.2) is 12.9 Å². The Kier molecular flexibility index (Phi) is 4.61. The smallest absolute Gasteiger partial charge is 0.172 e. The van der Waals surface area contributed by atoms with Crippen LogP contribution in [0.15, 0.2) is 30.3 Å². The van der Waals surface area contributed by atoms with E-state index < -0.39 is 0 Å². The number of Topliss-reactive ketones (excluding diaryl/α,β-unsaturated/α-hetero) is 1. The topological polar surface area (TPSA) is 26.3 Å². The molecule has 0 saturated carbocycles. The lowest BCUT2D eigenvalue weighted by Crippen LogP contribution is -1.93. The molecule has 0 saturated heterocycles. The Morgan fingerprint density at radius 2 is 2.11 bits per heavy atom. The average molecular weight is 295 g/mol. The van der Waals surface area contributed by atoms with Crippen LogP contribution in [0.3, 0.4) is 0 Å². The van der Waals surface area contributed by atoms with Crippen molar-refractivity contribution in [2.75, 3.05) is 7.11 Å². The molecule has 4 heteroatoms. The Balaban J connectivity index is 2.34. The number of thiophene rings is 1. The van der Waals surface area contributed by atoms with Crippen LogP contribution in [-0.2, 0) is 0 Å². The second-order valence-corrected chi connectivity index (χ2v) is 5.67. The molecular weight excluding hydrogens is 280 g/mol. The second kappa shape index (κ2) is 6.22. The van der Waals surface area contributed by atoms with Crippen LogP contribution < -0.4 is 4.74 Å². The first-order valence-corrected chi connectivity index (χ1v) is 7.32. The van der Waals surface area contributed by atoms with Crippen molar-refractivity contribution >= 4 is 28.7 Å². The highest BCUT2D eigenvalue weighted by Crippen LogP contribution is 2.36. The maximum absolute atomic E-state index is 11.9. The quantitative estimate of drug-likeness (QED) is 0.721. The number of hydrogen-bond acceptors (Lipinski definition) is 3. The molecule has 0 amide bonds. The summed E-state index contributed by atoms with van der Waals surface area (Å²) in [5, 5.41) is 0.664. The third kappa shape index (κ3) is 3.17. The summed E-state index contributed by atoms with van der Waals surface area (Å²) in [6, 6.07) is 9.33. The molecule has 2 nitrogen and oxygen atoms in total. The highest BCUT2D eigenvalue weighted by atomic mass is 35.5. The third-order valence-corrected chi connectivity index (χ3v) is 4.29. The number of carbonyl (C=O) groups is 1. The van der Waals surface area contributed by atoms with Crippen LogP contribution in [0.2, 0.25) is 5.02 Å². The fraction of sp³-hybridized carbons (Fsp3) is 0.267. The number of methoxy groups -OCH3 is 1. The molecule has 0 radical (unpaired) electrons. The normalized spacial score (nSPS) is 10.5. The summed E-state index contributed by atoms with van der Waals surface area (Å²) in [7, 11) is 1.62. The molecule has 1 heterocycles. The molecule has 0 aliphatic heterocycles. The van der Waals surface area contributed by atoms with Crippen molar-refractivity contribution in [3.05, 3.63) is 40.2 Å². The second-order valence-electron chi connectivity index (χ2n) is 4.18. The van der Waals surface area contributed by atoms with Gasteiger partial charge in [0.05, 0.1) is 12.0 Å². The van der Waals surface area contributed by atoms with Crippen molar-refractivity contribution in [1.29, 1.82) is 0 Å². The zero-order valence-electron chi connectivity index (χ0n) is 10.9. The van der Waals surface area contributed by atoms with E-state index in [1.807, 2.05) is 37.3 Å². The van der Waals surface area contributed by atoms with Crippen molar-refractivity contribution in [3.8, 4) is 16.2 Å². The van der Waals surface area contributed by atoms with Gasteiger partial charge in [-0.05, 0) is 36.8 Å². The molecule has 1 aromatic carbocycles. The molecule has 0 bridgehead atoms. The van der Waals surface area contributed by atoms with E-state index in [1.165, 1.54) is 11.3 Å². The van der Waals surface area contributed by atoms with Crippen molar-refractivity contribution in [2.45, 2.75) is 19.8 Å². The van der Waals surface area contributed by atoms with Gasteiger partial charge in [0.15, 0.2) is 5.78 Å². The van der Waals surface area contributed by atoms with Crippen molar-refractivity contribution in [2.24, 2.45) is 0 Å². The van der Waals surface area contributed by atoms with E-state index in [0.717, 1.165) is 27.5 Å². The van der Waals surface area contributed by atoms with E-state index in [0.29, 0.717) is 11.4 Å². The van der Waals surface area contributed by atoms with E-state index in [9.17, 15) is 4.79 Å². The maximum atomic E-state index is 11.9. The third-order valence-electron chi connectivity index (χ3n) is 2.80. The molecule has 2 rings (SSSR count). The van der Waals surface area contributed by atoms with E-state index in [4.69, 9.17) is 16.3 Å². The number of halogens is 1. The largest absolute Gasteiger partial charge is 0.497 e. The minimum atomic E-state index is 0.192. The fourth-order valence-electron chi connectivity index (χ4n) is 1.80. The van der Waals surface area contributed by atoms with E-state index in [-0.39, 0.29) is 5.78 Å². The van der Waals surface area contributed by atoms with Crippen molar-refractivity contribution < 1.29 is 9.53 Å². The van der Waals surface area contributed by atoms with Gasteiger partial charge in [-0.25, -0.2) is 0 Å². The van der Waals surface area contributed by atoms with Gasteiger partial charge < -0.3 is 4.74 Å². The summed E-state index contributed by atoms with van der Waals surface area (Å²) in [4.78, 5) is 13.6. The van der Waals surface area contributed by atoms with Gasteiger partial charge in [-0.1, -0.05) is 18.5 Å². The SMILES string of the molecule is CCCC(=O)c1ccc(-c2cc(OC)ccc2Cl)s1. The minimum absolute atomic E-state index is 0.192. The first-order valence-electron chi connectivity index (χ1n) is 6.12. The minimum Gasteiger partial charge on any atom is -0.497 e. The molecule has 0 aliphatic carbocycles. The number of ether oxygens (including phenoxy) is 1. The molecule has 1 aromatic heterocycles. The van der Waals surface area contributed by atoms with Crippen LogP contribution in [0.25, 0.3) is 10.4 Å². The predicted octanol–water partition coefficient (Wildman–Crippen LogP) is 5.06. The molecule has 100 valence electrons. The highest BCUT2D eigenvalue weighted by molar-refractivity contribution is 7.17.